The van der Waals surface area contributed by atoms with Crippen LogP contribution < -0.4 is 4.74 Å². The van der Waals surface area contributed by atoms with Crippen LogP contribution in [-0.2, 0) is 34.4 Å². The van der Waals surface area contributed by atoms with E-state index in [1.807, 2.05) is 23.9 Å². The van der Waals surface area contributed by atoms with E-state index in [0.29, 0.717) is 13.0 Å². The van der Waals surface area contributed by atoms with Gasteiger partial charge in [0.15, 0.2) is 22.9 Å². The Bertz CT molecular complexity index is 1010. The summed E-state index contributed by atoms with van der Waals surface area (Å²) in [6, 6.07) is 8.05. The van der Waals surface area contributed by atoms with E-state index in [0.717, 1.165) is 17.7 Å². The van der Waals surface area contributed by atoms with Gasteiger partial charge in [-0.2, -0.15) is 0 Å². The zero-order chi connectivity index (χ0) is 32.4. The van der Waals surface area contributed by atoms with Crippen LogP contribution in [0.5, 0.6) is 5.75 Å². The van der Waals surface area contributed by atoms with Gasteiger partial charge in [-0.25, -0.2) is 0 Å². The lowest BCUT2D eigenvalue weighted by atomic mass is 10.0. The number of hydrogen-bond acceptors (Lipinski definition) is 8. The van der Waals surface area contributed by atoms with E-state index in [1.165, 1.54) is 0 Å². The standard InChI is InChI=1S/C33H60O7SSi2/c1-22-30(36-21-24-15-17-25(34-9)18-16-24)26(39-42(11,12)32(3,4)5)20-29(38-22)41-31-23(2)37-28(35-10)19-27(31)40-43(13,14)33(6,7)8/h15-18,22-23,26-31H,19-21H2,1-14H3/t22-,23?,26?,27+,28+,29-,30+,31?/m0/s1. The van der Waals surface area contributed by atoms with E-state index in [4.69, 9.17) is 32.5 Å². The summed E-state index contributed by atoms with van der Waals surface area (Å²) in [6.07, 6.45) is 0.785. The van der Waals surface area contributed by atoms with Crippen molar-refractivity contribution < 1.29 is 32.5 Å². The van der Waals surface area contributed by atoms with Gasteiger partial charge in [-0.05, 0) is 67.8 Å². The zero-order valence-electron chi connectivity index (χ0n) is 29.3. The van der Waals surface area contributed by atoms with Crippen molar-refractivity contribution in [1.29, 1.82) is 0 Å². The van der Waals surface area contributed by atoms with E-state index in [-0.39, 0.29) is 57.6 Å². The molecule has 0 spiro atoms. The molecule has 2 aliphatic heterocycles. The molecule has 0 N–H and O–H groups in total. The second kappa shape index (κ2) is 14.5. The van der Waals surface area contributed by atoms with Crippen LogP contribution in [0.4, 0.5) is 0 Å². The summed E-state index contributed by atoms with van der Waals surface area (Å²) in [7, 11) is -0.706. The zero-order valence-corrected chi connectivity index (χ0v) is 32.1. The third-order valence-electron chi connectivity index (χ3n) is 9.92. The molecule has 0 radical (unpaired) electrons. The third-order valence-corrected chi connectivity index (χ3v) is 20.5. The molecule has 10 heteroatoms. The van der Waals surface area contributed by atoms with Crippen molar-refractivity contribution in [2.75, 3.05) is 14.2 Å². The Kier molecular flexibility index (Phi) is 12.5. The molecule has 3 rings (SSSR count). The maximum absolute atomic E-state index is 7.11. The summed E-state index contributed by atoms with van der Waals surface area (Å²) in [4.78, 5) is 0. The van der Waals surface area contributed by atoms with Crippen LogP contribution in [0.25, 0.3) is 0 Å². The molecular formula is C33H60O7SSi2. The molecule has 2 heterocycles. The second-order valence-electron chi connectivity index (χ2n) is 15.3. The highest BCUT2D eigenvalue weighted by Gasteiger charge is 2.49. The average Bonchev–Trinajstić information content (AvgIpc) is 2.88. The number of benzene rings is 1. The minimum atomic E-state index is -2.08. The lowest BCUT2D eigenvalue weighted by Crippen LogP contribution is -2.56. The summed E-state index contributed by atoms with van der Waals surface area (Å²) in [5, 5.41) is 0.308. The molecule has 2 fully saturated rings. The van der Waals surface area contributed by atoms with Crippen molar-refractivity contribution in [2.24, 2.45) is 0 Å². The highest BCUT2D eigenvalue weighted by molar-refractivity contribution is 8.00. The van der Waals surface area contributed by atoms with E-state index >= 15 is 0 Å². The summed E-state index contributed by atoms with van der Waals surface area (Å²) in [5.74, 6) is 0.839. The first-order chi connectivity index (χ1) is 19.8. The van der Waals surface area contributed by atoms with Crippen molar-refractivity contribution >= 4 is 28.4 Å². The summed E-state index contributed by atoms with van der Waals surface area (Å²) in [5.41, 5.74) is 1.04. The molecule has 0 aromatic heterocycles. The molecule has 8 atom stereocenters. The molecule has 248 valence electrons. The van der Waals surface area contributed by atoms with Gasteiger partial charge in [0.2, 0.25) is 0 Å². The van der Waals surface area contributed by atoms with Crippen molar-refractivity contribution in [2.45, 2.75) is 159 Å². The lowest BCUT2D eigenvalue weighted by Gasteiger charge is -2.49. The van der Waals surface area contributed by atoms with E-state index in [9.17, 15) is 0 Å². The number of rotatable bonds is 11. The maximum atomic E-state index is 7.11. The normalized spacial score (nSPS) is 31.2. The first-order valence-corrected chi connectivity index (χ1v) is 22.6. The van der Waals surface area contributed by atoms with Crippen LogP contribution >= 0.6 is 11.8 Å². The molecule has 43 heavy (non-hydrogen) atoms. The highest BCUT2D eigenvalue weighted by atomic mass is 32.2. The average molecular weight is 657 g/mol. The first kappa shape index (κ1) is 37.0. The molecule has 0 aliphatic carbocycles. The Hall–Kier alpha value is -0.436. The molecule has 0 bridgehead atoms. The SMILES string of the molecule is COc1ccc(CO[C@H]2C(O[Si](C)(C)C(C)(C)C)C[C@H](SC3C(C)O[C@@H](OC)C[C@H]3O[Si](C)(C)C(C)(C)C)O[C@H]2C)cc1. The highest BCUT2D eigenvalue weighted by Crippen LogP contribution is 2.45. The minimum Gasteiger partial charge on any atom is -0.497 e. The number of thioether (sulfide) groups is 1. The summed E-state index contributed by atoms with van der Waals surface area (Å²) in [6.45, 7) is 27.8. The van der Waals surface area contributed by atoms with E-state index in [2.05, 4.69) is 93.7 Å². The summed E-state index contributed by atoms with van der Waals surface area (Å²) >= 11 is 1.84. The second-order valence-corrected chi connectivity index (χ2v) is 26.2. The van der Waals surface area contributed by atoms with Gasteiger partial charge in [-0.1, -0.05) is 53.7 Å². The Morgan fingerprint density at radius 3 is 1.86 bits per heavy atom. The maximum Gasteiger partial charge on any atom is 0.192 e. The Morgan fingerprint density at radius 2 is 1.35 bits per heavy atom. The Morgan fingerprint density at radius 1 is 0.791 bits per heavy atom. The van der Waals surface area contributed by atoms with Crippen LogP contribution in [0.2, 0.25) is 36.3 Å². The first-order valence-electron chi connectivity index (χ1n) is 15.9. The monoisotopic (exact) mass is 656 g/mol. The van der Waals surface area contributed by atoms with E-state index < -0.39 is 16.6 Å². The molecule has 1 aromatic carbocycles. The molecule has 2 aliphatic rings. The van der Waals surface area contributed by atoms with Gasteiger partial charge in [0, 0.05) is 20.0 Å². The van der Waals surface area contributed by atoms with Gasteiger partial charge in [-0.15, -0.1) is 11.8 Å². The lowest BCUT2D eigenvalue weighted by molar-refractivity contribution is -0.194. The van der Waals surface area contributed by atoms with Gasteiger partial charge in [0.25, 0.3) is 0 Å². The van der Waals surface area contributed by atoms with Crippen LogP contribution in [0.15, 0.2) is 24.3 Å². The predicted octanol–water partition coefficient (Wildman–Crippen LogP) is 8.38. The quantitative estimate of drug-likeness (QED) is 0.220. The third kappa shape index (κ3) is 9.54. The predicted molar refractivity (Wildman–Crippen MR) is 182 cm³/mol. The van der Waals surface area contributed by atoms with Gasteiger partial charge < -0.3 is 32.5 Å². The van der Waals surface area contributed by atoms with Crippen molar-refractivity contribution in [1.82, 2.24) is 0 Å². The molecule has 2 saturated heterocycles. The Labute approximate surface area is 268 Å². The molecule has 1 aromatic rings. The van der Waals surface area contributed by atoms with E-state index in [1.54, 1.807) is 14.2 Å². The number of methoxy groups -OCH3 is 2. The van der Waals surface area contributed by atoms with Crippen LogP contribution in [0, 0.1) is 0 Å². The van der Waals surface area contributed by atoms with Crippen molar-refractivity contribution in [3.05, 3.63) is 29.8 Å². The number of hydrogen-bond donors (Lipinski definition) is 0. The molecule has 7 nitrogen and oxygen atoms in total. The van der Waals surface area contributed by atoms with Gasteiger partial charge in [0.05, 0.1) is 43.4 Å². The largest absolute Gasteiger partial charge is 0.497 e. The molecular weight excluding hydrogens is 597 g/mol. The number of ether oxygens (including phenoxy) is 5. The van der Waals surface area contributed by atoms with Crippen LogP contribution in [0.1, 0.15) is 73.8 Å². The van der Waals surface area contributed by atoms with Crippen LogP contribution in [-0.4, -0.2) is 78.4 Å². The smallest absolute Gasteiger partial charge is 0.192 e. The fraction of sp³-hybridized carbons (Fsp3) is 0.818. The van der Waals surface area contributed by atoms with Crippen molar-refractivity contribution in [3.8, 4) is 5.75 Å². The fourth-order valence-corrected chi connectivity index (χ4v) is 9.42. The fourth-order valence-electron chi connectivity index (χ4n) is 5.11. The van der Waals surface area contributed by atoms with Crippen molar-refractivity contribution in [3.63, 3.8) is 0 Å². The molecule has 3 unspecified atom stereocenters. The minimum absolute atomic E-state index is 0.0160. The summed E-state index contributed by atoms with van der Waals surface area (Å²) < 4.78 is 44.8. The topological polar surface area (TPSA) is 64.6 Å². The molecule has 0 amide bonds. The Balaban J connectivity index is 1.82. The van der Waals surface area contributed by atoms with Gasteiger partial charge in [-0.3, -0.25) is 0 Å². The van der Waals surface area contributed by atoms with Crippen LogP contribution in [0.3, 0.4) is 0 Å². The van der Waals surface area contributed by atoms with Gasteiger partial charge in [0.1, 0.15) is 17.3 Å². The molecule has 0 saturated carbocycles. The van der Waals surface area contributed by atoms with Gasteiger partial charge >= 0.3 is 0 Å².